The van der Waals surface area contributed by atoms with E-state index >= 15 is 0 Å². The number of rotatable bonds is 3. The second-order valence-electron chi connectivity index (χ2n) is 8.43. The van der Waals surface area contributed by atoms with Gasteiger partial charge in [-0.3, -0.25) is 0 Å². The molecule has 0 N–H and O–H groups in total. The predicted molar refractivity (Wildman–Crippen MR) is 139 cm³/mol. The summed E-state index contributed by atoms with van der Waals surface area (Å²) in [6, 6.07) is 27.7. The van der Waals surface area contributed by atoms with Crippen LogP contribution in [0.4, 0.5) is 0 Å². The quantitative estimate of drug-likeness (QED) is 0.202. The zero-order chi connectivity index (χ0) is 22.8. The standard InChI is InChI=1S/C26H27Si.3ClH.Ti/c1-18-12-19(2)15-23(14-18)27(5,24-16-20(3)13-21(4)17-24)26-11-10-22-8-6-7-9-25(22)26;;;;/h6-17H,1-5H3;3*1H;/q-1;;;;+4/p-3. The zero-order valence-corrected chi connectivity index (χ0v) is 23.4. The van der Waals surface area contributed by atoms with Crippen LogP contribution in [0.15, 0.2) is 72.8 Å². The molecule has 0 spiro atoms. The summed E-state index contributed by atoms with van der Waals surface area (Å²) in [5, 5.41) is 7.28. The number of halogens is 3. The van der Waals surface area contributed by atoms with Crippen LogP contribution in [0, 0.1) is 27.7 Å². The third-order valence-electron chi connectivity index (χ3n) is 5.82. The molecule has 0 heterocycles. The van der Waals surface area contributed by atoms with Crippen molar-refractivity contribution < 1.29 is 14.7 Å². The van der Waals surface area contributed by atoms with E-state index in [4.69, 9.17) is 27.9 Å². The van der Waals surface area contributed by atoms with Gasteiger partial charge in [0.1, 0.15) is 8.07 Å². The Morgan fingerprint density at radius 1 is 0.677 bits per heavy atom. The topological polar surface area (TPSA) is 0 Å². The molecule has 0 nitrogen and oxygen atoms in total. The second-order valence-corrected chi connectivity index (χ2v) is 20.1. The van der Waals surface area contributed by atoms with E-state index < -0.39 is 22.8 Å². The van der Waals surface area contributed by atoms with Crippen LogP contribution in [-0.2, 0) is 14.7 Å². The molecule has 0 unspecified atom stereocenters. The Balaban J connectivity index is 0.000000628. The molecule has 0 aliphatic carbocycles. The van der Waals surface area contributed by atoms with E-state index in [1.165, 1.54) is 48.6 Å². The van der Waals surface area contributed by atoms with E-state index in [0.717, 1.165) is 0 Å². The van der Waals surface area contributed by atoms with Gasteiger partial charge >= 0.3 is 42.6 Å². The molecular formula is C26H27Cl3SiTi. The summed E-state index contributed by atoms with van der Waals surface area (Å²) in [6.07, 6.45) is 0. The van der Waals surface area contributed by atoms with Gasteiger partial charge in [-0.2, -0.15) is 12.1 Å². The van der Waals surface area contributed by atoms with Crippen LogP contribution < -0.4 is 15.6 Å². The summed E-state index contributed by atoms with van der Waals surface area (Å²) in [5.74, 6) is 0. The molecule has 0 bridgehead atoms. The van der Waals surface area contributed by atoms with Crippen LogP contribution in [0.5, 0.6) is 0 Å². The van der Waals surface area contributed by atoms with Gasteiger partial charge in [0.15, 0.2) is 0 Å². The second kappa shape index (κ2) is 10.3. The maximum atomic E-state index is 4.97. The minimum absolute atomic E-state index is 1.35. The molecule has 5 heteroatoms. The summed E-state index contributed by atoms with van der Waals surface area (Å²) in [4.78, 5) is 0. The number of aryl methyl sites for hydroxylation is 4. The van der Waals surface area contributed by atoms with Crippen molar-refractivity contribution in [3.05, 3.63) is 95.1 Å². The van der Waals surface area contributed by atoms with Gasteiger partial charge in [-0.1, -0.05) is 81.6 Å². The third kappa shape index (κ3) is 5.71. The van der Waals surface area contributed by atoms with Crippen molar-refractivity contribution in [2.24, 2.45) is 0 Å². The Morgan fingerprint density at radius 2 is 1.10 bits per heavy atom. The van der Waals surface area contributed by atoms with Gasteiger partial charge in [0.05, 0.1) is 0 Å². The van der Waals surface area contributed by atoms with Crippen LogP contribution in [0.2, 0.25) is 6.55 Å². The van der Waals surface area contributed by atoms with Crippen LogP contribution in [0.25, 0.3) is 10.8 Å². The first-order valence-electron chi connectivity index (χ1n) is 10.3. The Kier molecular flexibility index (Phi) is 8.24. The molecule has 0 saturated heterocycles. The van der Waals surface area contributed by atoms with Gasteiger partial charge in [-0.05, 0) is 27.7 Å². The van der Waals surface area contributed by atoms with E-state index in [1.54, 1.807) is 0 Å². The first-order chi connectivity index (χ1) is 14.6. The van der Waals surface area contributed by atoms with Crippen molar-refractivity contribution in [1.29, 1.82) is 0 Å². The molecule has 0 fully saturated rings. The fraction of sp³-hybridized carbons (Fsp3) is 0.192. The average Bonchev–Trinajstić information content (AvgIpc) is 3.10. The van der Waals surface area contributed by atoms with Crippen molar-refractivity contribution in [3.63, 3.8) is 0 Å². The first kappa shape index (κ1) is 24.7. The minimum atomic E-state index is -2.12. The molecular weight excluding hydrogens is 495 g/mol. The van der Waals surface area contributed by atoms with E-state index in [2.05, 4.69) is 107 Å². The fourth-order valence-corrected chi connectivity index (χ4v) is 8.79. The van der Waals surface area contributed by atoms with Crippen LogP contribution in [0.1, 0.15) is 22.3 Å². The summed E-state index contributed by atoms with van der Waals surface area (Å²) >= 11 is -1.92. The molecule has 0 amide bonds. The van der Waals surface area contributed by atoms with Gasteiger partial charge in [0, 0.05) is 0 Å². The van der Waals surface area contributed by atoms with Gasteiger partial charge in [-0.25, -0.2) is 0 Å². The number of benzene rings is 3. The van der Waals surface area contributed by atoms with E-state index in [-0.39, 0.29) is 0 Å². The van der Waals surface area contributed by atoms with Crippen molar-refractivity contribution in [2.75, 3.05) is 0 Å². The first-order valence-corrected chi connectivity index (χ1v) is 19.2. The van der Waals surface area contributed by atoms with E-state index in [1.807, 2.05) is 0 Å². The molecule has 31 heavy (non-hydrogen) atoms. The molecule has 4 aromatic carbocycles. The van der Waals surface area contributed by atoms with Gasteiger partial charge in [0.25, 0.3) is 0 Å². The Bertz CT molecular complexity index is 1100. The summed E-state index contributed by atoms with van der Waals surface area (Å²) < 4.78 is 0. The van der Waals surface area contributed by atoms with E-state index in [0.29, 0.717) is 0 Å². The number of hydrogen-bond acceptors (Lipinski definition) is 0. The van der Waals surface area contributed by atoms with Crippen molar-refractivity contribution in [1.82, 2.24) is 0 Å². The molecule has 160 valence electrons. The van der Waals surface area contributed by atoms with Crippen LogP contribution in [0.3, 0.4) is 0 Å². The molecule has 4 aromatic rings. The van der Waals surface area contributed by atoms with Crippen molar-refractivity contribution in [2.45, 2.75) is 34.2 Å². The van der Waals surface area contributed by atoms with Gasteiger partial charge in [-0.15, -0.1) is 34.2 Å². The molecule has 0 aromatic heterocycles. The normalized spacial score (nSPS) is 11.2. The average molecular weight is 522 g/mol. The Morgan fingerprint density at radius 3 is 1.55 bits per heavy atom. The molecule has 0 saturated carbocycles. The Hall–Kier alpha value is -0.929. The fourth-order valence-electron chi connectivity index (χ4n) is 4.59. The molecule has 0 atom stereocenters. The van der Waals surface area contributed by atoms with Crippen molar-refractivity contribution >= 4 is 62.3 Å². The number of fused-ring (bicyclic) bond motifs is 1. The molecule has 4 rings (SSSR count). The van der Waals surface area contributed by atoms with E-state index in [9.17, 15) is 0 Å². The van der Waals surface area contributed by atoms with Gasteiger partial charge < -0.3 is 0 Å². The van der Waals surface area contributed by atoms with Crippen LogP contribution >= 0.6 is 27.9 Å². The monoisotopic (exact) mass is 520 g/mol. The third-order valence-corrected chi connectivity index (χ3v) is 10.2. The molecule has 0 aliphatic rings. The van der Waals surface area contributed by atoms with Crippen LogP contribution in [-0.4, -0.2) is 8.07 Å². The Labute approximate surface area is 205 Å². The predicted octanol–water partition coefficient (Wildman–Crippen LogP) is 6.96. The molecule has 0 radical (unpaired) electrons. The molecule has 0 aliphatic heterocycles. The maximum absolute atomic E-state index is 4.97. The van der Waals surface area contributed by atoms with Gasteiger partial charge in [0.2, 0.25) is 0 Å². The van der Waals surface area contributed by atoms with Crippen molar-refractivity contribution in [3.8, 4) is 0 Å². The summed E-state index contributed by atoms with van der Waals surface area (Å²) in [7, 11) is 12.8. The summed E-state index contributed by atoms with van der Waals surface area (Å²) in [5.41, 5.74) is 5.40. The SMILES string of the molecule is Cc1cc(C)cc([Si](C)(c2cc(C)cc(C)c2)[c-]2ccc3ccccc32)c1.[Cl][Ti+]([Cl])[Cl]. The number of hydrogen-bond donors (Lipinski definition) is 0. The summed E-state index contributed by atoms with van der Waals surface area (Å²) in [6.45, 7) is 11.4. The zero-order valence-electron chi connectivity index (χ0n) is 18.6.